The number of carbonyl (C=O) groups excluding carboxylic acids is 3. The van der Waals surface area contributed by atoms with E-state index in [0.29, 0.717) is 32.5 Å². The first-order valence-electron chi connectivity index (χ1n) is 7.89. The molecule has 0 saturated carbocycles. The normalized spacial score (nSPS) is 15.0. The van der Waals surface area contributed by atoms with Gasteiger partial charge in [0.2, 0.25) is 0 Å². The summed E-state index contributed by atoms with van der Waals surface area (Å²) in [6, 6.07) is 3.22. The number of hydrogen-bond acceptors (Lipinski definition) is 4. The van der Waals surface area contributed by atoms with Crippen LogP contribution in [0.2, 0.25) is 0 Å². The molecule has 0 aliphatic carbocycles. The molecule has 0 unspecified atom stereocenters. The van der Waals surface area contributed by atoms with Crippen molar-refractivity contribution in [2.45, 2.75) is 12.8 Å². The Morgan fingerprint density at radius 2 is 1.88 bits per heavy atom. The number of nitrogens with zero attached hydrogens (tertiary/aromatic N) is 2. The van der Waals surface area contributed by atoms with Gasteiger partial charge >= 0.3 is 11.8 Å². The largest absolute Gasteiger partial charge is 0.351 e. The predicted octanol–water partition coefficient (Wildman–Crippen LogP) is -0.900. The second kappa shape index (κ2) is 7.76. The van der Waals surface area contributed by atoms with Gasteiger partial charge in [-0.05, 0) is 30.9 Å². The van der Waals surface area contributed by atoms with Gasteiger partial charge in [0.1, 0.15) is 5.56 Å². The Labute approximate surface area is 139 Å². The molecule has 0 spiro atoms. The number of hydrogen-bond donors (Lipinski definition) is 2. The molecule has 24 heavy (non-hydrogen) atoms. The topological polar surface area (TPSA) is 101 Å². The van der Waals surface area contributed by atoms with Crippen LogP contribution in [-0.4, -0.2) is 53.9 Å². The van der Waals surface area contributed by atoms with Gasteiger partial charge < -0.3 is 20.1 Å². The molecule has 130 valence electrons. The third kappa shape index (κ3) is 4.01. The summed E-state index contributed by atoms with van der Waals surface area (Å²) < 4.78 is 1.38. The lowest BCUT2D eigenvalue weighted by atomic mass is 9.96. The third-order valence-corrected chi connectivity index (χ3v) is 4.24. The lowest BCUT2D eigenvalue weighted by Gasteiger charge is -2.32. The van der Waals surface area contributed by atoms with Crippen LogP contribution in [0.3, 0.4) is 0 Å². The number of aryl methyl sites for hydroxylation is 1. The molecule has 8 heteroatoms. The fourth-order valence-electron chi connectivity index (χ4n) is 2.70. The molecule has 8 nitrogen and oxygen atoms in total. The van der Waals surface area contributed by atoms with Gasteiger partial charge in [-0.25, -0.2) is 0 Å². The van der Waals surface area contributed by atoms with Gasteiger partial charge in [-0.2, -0.15) is 0 Å². The number of carbonyl (C=O) groups is 3. The maximum atomic E-state index is 12.5. The van der Waals surface area contributed by atoms with E-state index in [0.717, 1.165) is 0 Å². The smallest absolute Gasteiger partial charge is 0.309 e. The van der Waals surface area contributed by atoms with E-state index < -0.39 is 11.8 Å². The number of nitrogens with one attached hydrogen (secondary N) is 2. The molecule has 1 aromatic heterocycles. The molecule has 0 atom stereocenters. The summed E-state index contributed by atoms with van der Waals surface area (Å²) in [5.74, 6) is -1.36. The first-order chi connectivity index (χ1) is 11.4. The lowest BCUT2D eigenvalue weighted by Crippen LogP contribution is -2.45. The Morgan fingerprint density at radius 1 is 1.21 bits per heavy atom. The van der Waals surface area contributed by atoms with E-state index in [9.17, 15) is 19.2 Å². The van der Waals surface area contributed by atoms with E-state index in [1.165, 1.54) is 11.6 Å². The summed E-state index contributed by atoms with van der Waals surface area (Å²) in [5, 5.41) is 4.85. The third-order valence-electron chi connectivity index (χ3n) is 4.24. The fraction of sp³-hybridized carbons (Fsp3) is 0.500. The number of amides is 3. The molecular formula is C16H22N4O4. The zero-order valence-corrected chi connectivity index (χ0v) is 13.9. The van der Waals surface area contributed by atoms with Crippen molar-refractivity contribution in [2.24, 2.45) is 13.0 Å². The fourth-order valence-corrected chi connectivity index (χ4v) is 2.70. The van der Waals surface area contributed by atoms with Crippen LogP contribution in [0.15, 0.2) is 23.1 Å². The van der Waals surface area contributed by atoms with Crippen LogP contribution < -0.4 is 16.2 Å². The van der Waals surface area contributed by atoms with Gasteiger partial charge in [-0.3, -0.25) is 19.2 Å². The Hall–Kier alpha value is -2.64. The van der Waals surface area contributed by atoms with E-state index in [2.05, 4.69) is 10.6 Å². The van der Waals surface area contributed by atoms with Crippen molar-refractivity contribution in [3.63, 3.8) is 0 Å². The Kier molecular flexibility index (Phi) is 5.73. The molecule has 0 radical (unpaired) electrons. The van der Waals surface area contributed by atoms with Crippen LogP contribution in [0.1, 0.15) is 23.2 Å². The molecule has 0 aromatic carbocycles. The van der Waals surface area contributed by atoms with E-state index in [-0.39, 0.29) is 22.9 Å². The zero-order valence-electron chi connectivity index (χ0n) is 13.9. The number of piperidine rings is 1. The van der Waals surface area contributed by atoms with Crippen LogP contribution in [0.25, 0.3) is 0 Å². The Morgan fingerprint density at radius 3 is 2.50 bits per heavy atom. The predicted molar refractivity (Wildman–Crippen MR) is 87.4 cm³/mol. The quantitative estimate of drug-likeness (QED) is 0.700. The minimum Gasteiger partial charge on any atom is -0.351 e. The van der Waals surface area contributed by atoms with Gasteiger partial charge in [-0.15, -0.1) is 0 Å². The van der Waals surface area contributed by atoms with Crippen molar-refractivity contribution < 1.29 is 14.4 Å². The maximum absolute atomic E-state index is 12.5. The van der Waals surface area contributed by atoms with Crippen molar-refractivity contribution in [1.29, 1.82) is 0 Å². The van der Waals surface area contributed by atoms with E-state index in [4.69, 9.17) is 0 Å². The maximum Gasteiger partial charge on any atom is 0.309 e. The van der Waals surface area contributed by atoms with Crippen LogP contribution in [0.4, 0.5) is 0 Å². The number of pyridine rings is 1. The highest BCUT2D eigenvalue weighted by Crippen LogP contribution is 2.17. The molecule has 3 amide bonds. The highest BCUT2D eigenvalue weighted by molar-refractivity contribution is 6.35. The monoisotopic (exact) mass is 334 g/mol. The van der Waals surface area contributed by atoms with E-state index >= 15 is 0 Å². The zero-order chi connectivity index (χ0) is 17.7. The molecule has 1 fully saturated rings. The molecule has 2 rings (SSSR count). The van der Waals surface area contributed by atoms with Crippen LogP contribution in [0.5, 0.6) is 0 Å². The summed E-state index contributed by atoms with van der Waals surface area (Å²) in [6.45, 7) is 1.45. The van der Waals surface area contributed by atoms with Gasteiger partial charge in [0.15, 0.2) is 0 Å². The molecule has 2 N–H and O–H groups in total. The summed E-state index contributed by atoms with van der Waals surface area (Å²) in [7, 11) is 3.01. The summed E-state index contributed by atoms with van der Waals surface area (Å²) in [5.41, 5.74) is -0.131. The van der Waals surface area contributed by atoms with Crippen molar-refractivity contribution >= 4 is 17.7 Å². The van der Waals surface area contributed by atoms with Crippen molar-refractivity contribution in [3.8, 4) is 0 Å². The average molecular weight is 334 g/mol. The molecule has 2 heterocycles. The number of aromatic nitrogens is 1. The minimum absolute atomic E-state index is 0.173. The highest BCUT2D eigenvalue weighted by Gasteiger charge is 2.25. The lowest BCUT2D eigenvalue weighted by molar-refractivity contribution is -0.139. The van der Waals surface area contributed by atoms with E-state index in [1.807, 2.05) is 0 Å². The number of likely N-dealkylation sites (N-methyl/N-ethyl adjacent to an activating group) is 1. The molecule has 1 aromatic rings. The highest BCUT2D eigenvalue weighted by atomic mass is 16.2. The van der Waals surface area contributed by atoms with E-state index in [1.54, 1.807) is 30.3 Å². The first-order valence-corrected chi connectivity index (χ1v) is 7.89. The molecular weight excluding hydrogens is 312 g/mol. The van der Waals surface area contributed by atoms with Crippen molar-refractivity contribution in [1.82, 2.24) is 20.1 Å². The van der Waals surface area contributed by atoms with Gasteiger partial charge in [0.05, 0.1) is 0 Å². The first kappa shape index (κ1) is 17.7. The molecule has 1 aliphatic rings. The summed E-state index contributed by atoms with van der Waals surface area (Å²) >= 11 is 0. The second-order valence-corrected chi connectivity index (χ2v) is 5.86. The summed E-state index contributed by atoms with van der Waals surface area (Å²) in [4.78, 5) is 48.7. The van der Waals surface area contributed by atoms with Crippen LogP contribution >= 0.6 is 0 Å². The number of rotatable bonds is 3. The SMILES string of the molecule is CNC(=O)C(=O)NCC1CCN(C(=O)c2cccn(C)c2=O)CC1. The molecule has 0 bridgehead atoms. The Balaban J connectivity index is 1.87. The molecule has 1 aliphatic heterocycles. The van der Waals surface area contributed by atoms with Gasteiger partial charge in [0, 0.05) is 39.9 Å². The summed E-state index contributed by atoms with van der Waals surface area (Å²) in [6.07, 6.45) is 3.04. The van der Waals surface area contributed by atoms with Crippen LogP contribution in [-0.2, 0) is 16.6 Å². The molecule has 1 saturated heterocycles. The minimum atomic E-state index is -0.664. The second-order valence-electron chi connectivity index (χ2n) is 5.86. The van der Waals surface area contributed by atoms with Gasteiger partial charge in [-0.1, -0.05) is 0 Å². The van der Waals surface area contributed by atoms with Gasteiger partial charge in [0.25, 0.3) is 11.5 Å². The average Bonchev–Trinajstić information content (AvgIpc) is 2.61. The van der Waals surface area contributed by atoms with Crippen molar-refractivity contribution in [2.75, 3.05) is 26.7 Å². The number of likely N-dealkylation sites (tertiary alicyclic amines) is 1. The van der Waals surface area contributed by atoms with Crippen LogP contribution in [0, 0.1) is 5.92 Å². The standard InChI is InChI=1S/C16H22N4O4/c1-17-13(21)14(22)18-10-11-5-8-20(9-6-11)16(24)12-4-3-7-19(2)15(12)23/h3-4,7,11H,5-6,8-10H2,1-2H3,(H,17,21)(H,18,22). The Bertz CT molecular complexity index is 690. The van der Waals surface area contributed by atoms with Crippen molar-refractivity contribution in [3.05, 3.63) is 34.2 Å².